The lowest BCUT2D eigenvalue weighted by Crippen LogP contribution is -2.39. The van der Waals surface area contributed by atoms with Crippen molar-refractivity contribution in [1.29, 1.82) is 0 Å². The summed E-state index contributed by atoms with van der Waals surface area (Å²) in [6.07, 6.45) is -0.387. The first-order chi connectivity index (χ1) is 5.93. The number of aliphatic carboxylic acids is 2. The largest absolute Gasteiger partial charge is 0.481 e. The lowest BCUT2D eigenvalue weighted by molar-refractivity contribution is -0.142. The molecule has 0 aliphatic heterocycles. The quantitative estimate of drug-likeness (QED) is 0.589. The van der Waals surface area contributed by atoms with E-state index in [2.05, 4.69) is 5.32 Å². The van der Waals surface area contributed by atoms with Gasteiger partial charge in [0.1, 0.15) is 6.04 Å². The Kier molecular flexibility index (Phi) is 7.32. The van der Waals surface area contributed by atoms with Crippen LogP contribution in [0.2, 0.25) is 0 Å². The molecule has 0 fully saturated rings. The van der Waals surface area contributed by atoms with E-state index in [1.54, 1.807) is 0 Å². The zero-order valence-electron chi connectivity index (χ0n) is 7.11. The molecule has 0 aromatic rings. The fraction of sp³-hybridized carbons (Fsp3) is 0.625. The second-order valence-corrected chi connectivity index (χ2v) is 2.52. The first-order valence-electron chi connectivity index (χ1n) is 3.65. The molecule has 0 aliphatic rings. The smallest absolute Gasteiger partial charge is 0.326 e. The van der Waals surface area contributed by atoms with Crippen LogP contribution < -0.4 is 5.32 Å². The van der Waals surface area contributed by atoms with E-state index in [4.69, 9.17) is 10.2 Å². The average Bonchev–Trinajstić information content (AvgIpc) is 1.96. The van der Waals surface area contributed by atoms with Gasteiger partial charge in [-0.3, -0.25) is 9.59 Å². The Labute approximate surface area is 81.9 Å². The SMILES string of the molecule is C.CC(=O)NC(CCC(=O)O)C(=O)O. The third kappa shape index (κ3) is 7.08. The van der Waals surface area contributed by atoms with E-state index in [0.717, 1.165) is 0 Å². The van der Waals surface area contributed by atoms with Gasteiger partial charge in [-0.25, -0.2) is 4.79 Å². The summed E-state index contributed by atoms with van der Waals surface area (Å²) in [4.78, 5) is 31.0. The van der Waals surface area contributed by atoms with Gasteiger partial charge in [-0.1, -0.05) is 7.43 Å². The van der Waals surface area contributed by atoms with Crippen LogP contribution in [0.15, 0.2) is 0 Å². The van der Waals surface area contributed by atoms with Crippen LogP contribution in [0.1, 0.15) is 27.2 Å². The maximum atomic E-state index is 10.5. The molecule has 0 aliphatic carbocycles. The van der Waals surface area contributed by atoms with Gasteiger partial charge in [-0.05, 0) is 6.42 Å². The fourth-order valence-electron chi connectivity index (χ4n) is 0.771. The zero-order valence-corrected chi connectivity index (χ0v) is 7.11. The van der Waals surface area contributed by atoms with Crippen molar-refractivity contribution >= 4 is 17.8 Å². The number of carbonyl (C=O) groups is 3. The maximum absolute atomic E-state index is 10.5. The van der Waals surface area contributed by atoms with Crippen molar-refractivity contribution in [2.75, 3.05) is 0 Å². The van der Waals surface area contributed by atoms with E-state index >= 15 is 0 Å². The molecule has 0 radical (unpaired) electrons. The van der Waals surface area contributed by atoms with Crippen LogP contribution in [0.25, 0.3) is 0 Å². The summed E-state index contributed by atoms with van der Waals surface area (Å²) in [5, 5.41) is 18.9. The molecule has 1 atom stereocenters. The minimum atomic E-state index is -1.23. The molecule has 0 saturated heterocycles. The number of rotatable bonds is 5. The monoisotopic (exact) mass is 205 g/mol. The van der Waals surface area contributed by atoms with Crippen LogP contribution >= 0.6 is 0 Å². The summed E-state index contributed by atoms with van der Waals surface area (Å²) in [5.41, 5.74) is 0. The summed E-state index contributed by atoms with van der Waals surface area (Å²) < 4.78 is 0. The number of nitrogens with one attached hydrogen (secondary N) is 1. The van der Waals surface area contributed by atoms with Crippen molar-refractivity contribution in [2.24, 2.45) is 0 Å². The molecule has 1 unspecified atom stereocenters. The summed E-state index contributed by atoms with van der Waals surface area (Å²) >= 11 is 0. The Morgan fingerprint density at radius 1 is 1.29 bits per heavy atom. The number of carboxylic acids is 2. The van der Waals surface area contributed by atoms with Crippen molar-refractivity contribution < 1.29 is 24.6 Å². The van der Waals surface area contributed by atoms with Crippen LogP contribution in [-0.4, -0.2) is 34.1 Å². The van der Waals surface area contributed by atoms with Gasteiger partial charge in [0.05, 0.1) is 0 Å². The average molecular weight is 205 g/mol. The van der Waals surface area contributed by atoms with E-state index < -0.39 is 23.9 Å². The third-order valence-corrected chi connectivity index (χ3v) is 1.32. The summed E-state index contributed by atoms with van der Waals surface area (Å²) in [6, 6.07) is -1.12. The van der Waals surface area contributed by atoms with E-state index in [1.807, 2.05) is 0 Å². The van der Waals surface area contributed by atoms with Gasteiger partial charge in [0.15, 0.2) is 0 Å². The van der Waals surface area contributed by atoms with Gasteiger partial charge in [-0.15, -0.1) is 0 Å². The summed E-state index contributed by atoms with van der Waals surface area (Å²) in [5.74, 6) is -2.80. The van der Waals surface area contributed by atoms with Gasteiger partial charge in [0, 0.05) is 13.3 Å². The Bertz CT molecular complexity index is 226. The maximum Gasteiger partial charge on any atom is 0.326 e. The fourth-order valence-corrected chi connectivity index (χ4v) is 0.771. The number of amides is 1. The first-order valence-corrected chi connectivity index (χ1v) is 3.65. The van der Waals surface area contributed by atoms with Crippen molar-refractivity contribution in [1.82, 2.24) is 5.32 Å². The molecule has 0 rings (SSSR count). The predicted octanol–water partition coefficient (Wildman–Crippen LogP) is 0.0766. The van der Waals surface area contributed by atoms with E-state index in [-0.39, 0.29) is 20.3 Å². The molecule has 0 saturated carbocycles. The number of carbonyl (C=O) groups excluding carboxylic acids is 1. The standard InChI is InChI=1S/C7H11NO5.CH4/c1-4(9)8-5(7(12)13)2-3-6(10)11;/h5H,2-3H2,1H3,(H,8,9)(H,10,11)(H,12,13);1H4. The Balaban J connectivity index is 0. The van der Waals surface area contributed by atoms with Gasteiger partial charge in [0.2, 0.25) is 5.91 Å². The van der Waals surface area contributed by atoms with Crippen LogP contribution in [0.3, 0.4) is 0 Å². The lowest BCUT2D eigenvalue weighted by atomic mass is 10.1. The summed E-state index contributed by atoms with van der Waals surface area (Å²) in [6.45, 7) is 1.18. The normalized spacial score (nSPS) is 10.9. The molecule has 1 amide bonds. The van der Waals surface area contributed by atoms with Crippen LogP contribution in [0, 0.1) is 0 Å². The van der Waals surface area contributed by atoms with Crippen molar-refractivity contribution in [2.45, 2.75) is 33.2 Å². The Hall–Kier alpha value is -1.59. The third-order valence-electron chi connectivity index (χ3n) is 1.32. The molecular weight excluding hydrogens is 190 g/mol. The first kappa shape index (κ1) is 14.9. The van der Waals surface area contributed by atoms with E-state index in [0.29, 0.717) is 0 Å². The molecular formula is C8H15NO5. The highest BCUT2D eigenvalue weighted by Gasteiger charge is 2.18. The highest BCUT2D eigenvalue weighted by atomic mass is 16.4. The molecule has 6 heteroatoms. The van der Waals surface area contributed by atoms with Crippen molar-refractivity contribution in [3.8, 4) is 0 Å². The molecule has 14 heavy (non-hydrogen) atoms. The van der Waals surface area contributed by atoms with Crippen molar-refractivity contribution in [3.05, 3.63) is 0 Å². The minimum Gasteiger partial charge on any atom is -0.481 e. The molecule has 3 N–H and O–H groups in total. The molecule has 0 aromatic carbocycles. The minimum absolute atomic E-state index is 0. The highest BCUT2D eigenvalue weighted by Crippen LogP contribution is 1.97. The highest BCUT2D eigenvalue weighted by molar-refractivity contribution is 5.82. The predicted molar refractivity (Wildman–Crippen MR) is 48.8 cm³/mol. The molecule has 0 heterocycles. The van der Waals surface area contributed by atoms with Crippen LogP contribution in [0.4, 0.5) is 0 Å². The second-order valence-electron chi connectivity index (χ2n) is 2.52. The van der Waals surface area contributed by atoms with Crippen molar-refractivity contribution in [3.63, 3.8) is 0 Å². The Morgan fingerprint density at radius 3 is 2.07 bits per heavy atom. The molecule has 0 bridgehead atoms. The van der Waals surface area contributed by atoms with Gasteiger partial charge >= 0.3 is 11.9 Å². The van der Waals surface area contributed by atoms with Gasteiger partial charge < -0.3 is 15.5 Å². The van der Waals surface area contributed by atoms with Gasteiger partial charge in [-0.2, -0.15) is 0 Å². The second kappa shape index (κ2) is 6.88. The number of hydrogen-bond acceptors (Lipinski definition) is 3. The zero-order chi connectivity index (χ0) is 10.4. The molecule has 6 nitrogen and oxygen atoms in total. The lowest BCUT2D eigenvalue weighted by Gasteiger charge is -2.10. The van der Waals surface area contributed by atoms with E-state index in [1.165, 1.54) is 6.92 Å². The molecule has 82 valence electrons. The topological polar surface area (TPSA) is 104 Å². The Morgan fingerprint density at radius 2 is 1.79 bits per heavy atom. The number of hydrogen-bond donors (Lipinski definition) is 3. The van der Waals surface area contributed by atoms with E-state index in [9.17, 15) is 14.4 Å². The summed E-state index contributed by atoms with van der Waals surface area (Å²) in [7, 11) is 0. The number of carboxylic acid groups (broad SMARTS) is 2. The molecule has 0 aromatic heterocycles. The van der Waals surface area contributed by atoms with Crippen LogP contribution in [0.5, 0.6) is 0 Å². The van der Waals surface area contributed by atoms with Crippen LogP contribution in [-0.2, 0) is 14.4 Å². The van der Waals surface area contributed by atoms with Gasteiger partial charge in [0.25, 0.3) is 0 Å². The molecule has 0 spiro atoms.